The monoisotopic (exact) mass is 251 g/mol. The molecule has 4 nitrogen and oxygen atoms in total. The van der Waals surface area contributed by atoms with Gasteiger partial charge in [-0.2, -0.15) is 0 Å². The standard InChI is InChI=1S/C13H18FN3O/c1-9(2)8-13(3)15-12(18)17(16-13)11-6-4-10(14)5-7-11/h4-7,9,16H,8H2,1-3H3,(H,15,18)/t13-/m1/s1. The Morgan fingerprint density at radius 3 is 2.50 bits per heavy atom. The topological polar surface area (TPSA) is 44.4 Å². The summed E-state index contributed by atoms with van der Waals surface area (Å²) in [4.78, 5) is 11.9. The van der Waals surface area contributed by atoms with Crippen LogP contribution in [0, 0.1) is 11.7 Å². The molecule has 2 N–H and O–H groups in total. The lowest BCUT2D eigenvalue weighted by molar-refractivity contribution is 0.243. The molecule has 0 radical (unpaired) electrons. The molecule has 1 aliphatic rings. The van der Waals surface area contributed by atoms with Crippen molar-refractivity contribution in [3.63, 3.8) is 0 Å². The Morgan fingerprint density at radius 1 is 1.33 bits per heavy atom. The Morgan fingerprint density at radius 2 is 1.94 bits per heavy atom. The van der Waals surface area contributed by atoms with E-state index in [1.54, 1.807) is 12.1 Å². The van der Waals surface area contributed by atoms with Crippen LogP contribution in [0.1, 0.15) is 27.2 Å². The molecule has 2 rings (SSSR count). The van der Waals surface area contributed by atoms with Crippen LogP contribution in [0.5, 0.6) is 0 Å². The molecule has 18 heavy (non-hydrogen) atoms. The highest BCUT2D eigenvalue weighted by atomic mass is 19.1. The number of benzene rings is 1. The summed E-state index contributed by atoms with van der Waals surface area (Å²) in [5.41, 5.74) is 3.30. The van der Waals surface area contributed by atoms with Crippen molar-refractivity contribution in [3.05, 3.63) is 30.1 Å². The summed E-state index contributed by atoms with van der Waals surface area (Å²) in [5.74, 6) is 0.138. The van der Waals surface area contributed by atoms with Crippen molar-refractivity contribution in [3.8, 4) is 0 Å². The van der Waals surface area contributed by atoms with Gasteiger partial charge in [0, 0.05) is 0 Å². The molecule has 2 amide bonds. The molecule has 1 aromatic rings. The van der Waals surface area contributed by atoms with Crippen molar-refractivity contribution in [2.24, 2.45) is 5.92 Å². The van der Waals surface area contributed by atoms with E-state index in [1.807, 2.05) is 6.92 Å². The number of anilines is 1. The Balaban J connectivity index is 2.16. The number of carbonyl (C=O) groups excluding carboxylic acids is 1. The van der Waals surface area contributed by atoms with Gasteiger partial charge in [0.05, 0.1) is 5.69 Å². The summed E-state index contributed by atoms with van der Waals surface area (Å²) in [6, 6.07) is 5.60. The van der Waals surface area contributed by atoms with Crippen LogP contribution in [0.25, 0.3) is 0 Å². The van der Waals surface area contributed by atoms with Gasteiger partial charge in [0.25, 0.3) is 0 Å². The number of hydrogen-bond acceptors (Lipinski definition) is 2. The molecule has 1 aliphatic heterocycles. The third-order valence-electron chi connectivity index (χ3n) is 2.85. The minimum Gasteiger partial charge on any atom is -0.317 e. The number of carbonyl (C=O) groups is 1. The number of nitrogens with zero attached hydrogens (tertiary/aromatic N) is 1. The van der Waals surface area contributed by atoms with E-state index in [0.717, 1.165) is 6.42 Å². The van der Waals surface area contributed by atoms with Gasteiger partial charge in [-0.1, -0.05) is 13.8 Å². The summed E-state index contributed by atoms with van der Waals surface area (Å²) in [6.07, 6.45) is 0.816. The second-order valence-electron chi connectivity index (χ2n) is 5.28. The predicted molar refractivity (Wildman–Crippen MR) is 68.4 cm³/mol. The van der Waals surface area contributed by atoms with E-state index in [2.05, 4.69) is 24.6 Å². The minimum absolute atomic E-state index is 0.218. The summed E-state index contributed by atoms with van der Waals surface area (Å²) >= 11 is 0. The smallest absolute Gasteiger partial charge is 0.317 e. The van der Waals surface area contributed by atoms with Gasteiger partial charge in [0.1, 0.15) is 11.5 Å². The van der Waals surface area contributed by atoms with Crippen LogP contribution in [0.15, 0.2) is 24.3 Å². The van der Waals surface area contributed by atoms with E-state index in [0.29, 0.717) is 11.6 Å². The van der Waals surface area contributed by atoms with Gasteiger partial charge in [-0.05, 0) is 43.5 Å². The number of amides is 2. The first kappa shape index (κ1) is 12.8. The first-order chi connectivity index (χ1) is 8.39. The third kappa shape index (κ3) is 2.61. The molecule has 0 unspecified atom stereocenters. The highest BCUT2D eigenvalue weighted by Gasteiger charge is 2.39. The van der Waals surface area contributed by atoms with Crippen molar-refractivity contribution in [2.75, 3.05) is 5.01 Å². The van der Waals surface area contributed by atoms with Crippen molar-refractivity contribution in [1.82, 2.24) is 10.7 Å². The Hall–Kier alpha value is -1.62. The highest BCUT2D eigenvalue weighted by molar-refractivity contribution is 5.93. The summed E-state index contributed by atoms with van der Waals surface area (Å²) in [5, 5.41) is 4.33. The van der Waals surface area contributed by atoms with Crippen LogP contribution in [-0.2, 0) is 0 Å². The van der Waals surface area contributed by atoms with E-state index in [9.17, 15) is 9.18 Å². The van der Waals surface area contributed by atoms with Gasteiger partial charge in [0.2, 0.25) is 0 Å². The molecular formula is C13H18FN3O. The molecule has 1 saturated heterocycles. The largest absolute Gasteiger partial charge is 0.338 e. The first-order valence-corrected chi connectivity index (χ1v) is 6.05. The molecule has 1 aromatic carbocycles. The zero-order valence-electron chi connectivity index (χ0n) is 10.8. The van der Waals surface area contributed by atoms with Gasteiger partial charge in [-0.25, -0.2) is 19.6 Å². The number of rotatable bonds is 3. The zero-order valence-corrected chi connectivity index (χ0v) is 10.8. The quantitative estimate of drug-likeness (QED) is 0.867. The predicted octanol–water partition coefficient (Wildman–Crippen LogP) is 2.62. The molecule has 0 saturated carbocycles. The Labute approximate surface area is 106 Å². The number of hydrogen-bond donors (Lipinski definition) is 2. The molecule has 1 heterocycles. The number of halogens is 1. The average Bonchev–Trinajstić information content (AvgIpc) is 2.54. The fraction of sp³-hybridized carbons (Fsp3) is 0.462. The molecule has 98 valence electrons. The third-order valence-corrected chi connectivity index (χ3v) is 2.85. The molecular weight excluding hydrogens is 233 g/mol. The van der Waals surface area contributed by atoms with E-state index < -0.39 is 5.66 Å². The van der Waals surface area contributed by atoms with Gasteiger partial charge in [0.15, 0.2) is 0 Å². The number of urea groups is 1. The van der Waals surface area contributed by atoms with Gasteiger partial charge in [-0.15, -0.1) is 0 Å². The van der Waals surface area contributed by atoms with Gasteiger partial charge >= 0.3 is 6.03 Å². The van der Waals surface area contributed by atoms with E-state index in [1.165, 1.54) is 17.1 Å². The lowest BCUT2D eigenvalue weighted by Crippen LogP contribution is -2.49. The molecule has 0 bridgehead atoms. The van der Waals surface area contributed by atoms with Crippen LogP contribution in [-0.4, -0.2) is 11.7 Å². The average molecular weight is 251 g/mol. The van der Waals surface area contributed by atoms with Crippen molar-refractivity contribution < 1.29 is 9.18 Å². The molecule has 0 spiro atoms. The lowest BCUT2D eigenvalue weighted by atomic mass is 10.0. The summed E-state index contributed by atoms with van der Waals surface area (Å²) in [7, 11) is 0. The second kappa shape index (κ2) is 4.57. The maximum absolute atomic E-state index is 12.9. The zero-order chi connectivity index (χ0) is 13.3. The van der Waals surface area contributed by atoms with Crippen LogP contribution in [0.2, 0.25) is 0 Å². The van der Waals surface area contributed by atoms with Crippen molar-refractivity contribution in [2.45, 2.75) is 32.9 Å². The Kier molecular flexibility index (Phi) is 3.26. The second-order valence-corrected chi connectivity index (χ2v) is 5.28. The SMILES string of the molecule is CC(C)C[C@]1(C)NC(=O)N(c2ccc(F)cc2)N1. The summed E-state index contributed by atoms with van der Waals surface area (Å²) < 4.78 is 12.9. The Bertz CT molecular complexity index is 446. The van der Waals surface area contributed by atoms with E-state index in [4.69, 9.17) is 0 Å². The molecule has 5 heteroatoms. The van der Waals surface area contributed by atoms with Gasteiger partial charge < -0.3 is 5.32 Å². The van der Waals surface area contributed by atoms with Crippen molar-refractivity contribution in [1.29, 1.82) is 0 Å². The maximum atomic E-state index is 12.9. The normalized spacial score (nSPS) is 23.6. The molecule has 1 atom stereocenters. The van der Waals surface area contributed by atoms with E-state index >= 15 is 0 Å². The van der Waals surface area contributed by atoms with Crippen LogP contribution in [0.4, 0.5) is 14.9 Å². The van der Waals surface area contributed by atoms with E-state index in [-0.39, 0.29) is 11.8 Å². The van der Waals surface area contributed by atoms with Crippen LogP contribution in [0.3, 0.4) is 0 Å². The van der Waals surface area contributed by atoms with Gasteiger partial charge in [-0.3, -0.25) is 0 Å². The fourth-order valence-corrected chi connectivity index (χ4v) is 2.30. The molecule has 0 aliphatic carbocycles. The highest BCUT2D eigenvalue weighted by Crippen LogP contribution is 2.23. The molecule has 1 fully saturated rings. The van der Waals surface area contributed by atoms with Crippen LogP contribution < -0.4 is 15.8 Å². The van der Waals surface area contributed by atoms with Crippen LogP contribution >= 0.6 is 0 Å². The minimum atomic E-state index is -0.459. The maximum Gasteiger partial charge on any atom is 0.338 e. The van der Waals surface area contributed by atoms with Crippen molar-refractivity contribution >= 4 is 11.7 Å². The number of hydrazine groups is 1. The lowest BCUT2D eigenvalue weighted by Gasteiger charge is -2.26. The fourth-order valence-electron chi connectivity index (χ4n) is 2.30. The number of nitrogens with one attached hydrogen (secondary N) is 2. The first-order valence-electron chi connectivity index (χ1n) is 6.05. The molecule has 0 aromatic heterocycles. The summed E-state index contributed by atoms with van der Waals surface area (Å²) in [6.45, 7) is 6.13.